The summed E-state index contributed by atoms with van der Waals surface area (Å²) in [5, 5.41) is 18.0. The molecule has 2 unspecified atom stereocenters. The van der Waals surface area contributed by atoms with E-state index in [1.54, 1.807) is 25.0 Å². The van der Waals surface area contributed by atoms with Crippen molar-refractivity contribution < 1.29 is 9.84 Å². The summed E-state index contributed by atoms with van der Waals surface area (Å²) < 4.78 is 7.12. The van der Waals surface area contributed by atoms with Gasteiger partial charge >= 0.3 is 0 Å². The monoisotopic (exact) mass is 239 g/mol. The lowest BCUT2D eigenvalue weighted by Gasteiger charge is -2.32. The number of aromatic nitrogens is 3. The quantitative estimate of drug-likeness (QED) is 0.863. The summed E-state index contributed by atoms with van der Waals surface area (Å²) in [5.74, 6) is 0.443. The summed E-state index contributed by atoms with van der Waals surface area (Å²) in [6.07, 6.45) is 6.88. The van der Waals surface area contributed by atoms with Gasteiger partial charge in [0.1, 0.15) is 6.10 Å². The fourth-order valence-corrected chi connectivity index (χ4v) is 2.78. The van der Waals surface area contributed by atoms with Gasteiger partial charge in [0.15, 0.2) is 0 Å². The minimum absolute atomic E-state index is 0.146. The first-order valence-electron chi connectivity index (χ1n) is 6.29. The van der Waals surface area contributed by atoms with Gasteiger partial charge in [-0.15, -0.1) is 5.10 Å². The molecule has 96 valence electrons. The molecule has 2 rings (SSSR count). The Kier molecular flexibility index (Phi) is 4.12. The van der Waals surface area contributed by atoms with Crippen molar-refractivity contribution in [1.29, 1.82) is 0 Å². The number of aliphatic hydroxyl groups is 1. The van der Waals surface area contributed by atoms with Gasteiger partial charge in [0, 0.05) is 14.2 Å². The molecule has 1 aromatic rings. The summed E-state index contributed by atoms with van der Waals surface area (Å²) in [5.41, 5.74) is 0.724. The number of aryl methyl sites for hydroxylation is 1. The molecule has 1 saturated carbocycles. The van der Waals surface area contributed by atoms with Gasteiger partial charge < -0.3 is 9.84 Å². The number of methoxy groups -OCH3 is 1. The van der Waals surface area contributed by atoms with Crippen LogP contribution in [0.4, 0.5) is 0 Å². The smallest absolute Gasteiger partial charge is 0.124 e. The second-order valence-corrected chi connectivity index (χ2v) is 4.83. The average Bonchev–Trinajstić information content (AvgIpc) is 2.77. The van der Waals surface area contributed by atoms with E-state index in [4.69, 9.17) is 4.74 Å². The van der Waals surface area contributed by atoms with Crippen LogP contribution in [0.5, 0.6) is 0 Å². The fourth-order valence-electron chi connectivity index (χ4n) is 2.78. The summed E-state index contributed by atoms with van der Waals surface area (Å²) in [6, 6.07) is 0. The fraction of sp³-hybridized carbons (Fsp3) is 0.833. The zero-order valence-corrected chi connectivity index (χ0v) is 10.5. The number of nitrogens with zero attached hydrogens (tertiary/aromatic N) is 3. The Morgan fingerprint density at radius 2 is 2.12 bits per heavy atom. The molecule has 5 nitrogen and oxygen atoms in total. The van der Waals surface area contributed by atoms with Crippen molar-refractivity contribution in [3.63, 3.8) is 0 Å². The molecule has 1 aliphatic rings. The normalized spacial score (nSPS) is 21.4. The van der Waals surface area contributed by atoms with Gasteiger partial charge in [-0.25, -0.2) is 4.68 Å². The highest BCUT2D eigenvalue weighted by atomic mass is 16.5. The molecule has 1 fully saturated rings. The van der Waals surface area contributed by atoms with Crippen molar-refractivity contribution in [3.05, 3.63) is 11.9 Å². The lowest BCUT2D eigenvalue weighted by atomic mass is 9.82. The van der Waals surface area contributed by atoms with Crippen LogP contribution in [0.2, 0.25) is 0 Å². The third kappa shape index (κ3) is 2.66. The molecule has 17 heavy (non-hydrogen) atoms. The minimum atomic E-state index is -0.636. The molecule has 2 atom stereocenters. The van der Waals surface area contributed by atoms with Gasteiger partial charge in [-0.3, -0.25) is 0 Å². The number of rotatable bonds is 4. The topological polar surface area (TPSA) is 60.2 Å². The Hall–Kier alpha value is -0.940. The van der Waals surface area contributed by atoms with Crippen molar-refractivity contribution in [2.75, 3.05) is 7.11 Å². The molecule has 0 saturated heterocycles. The average molecular weight is 239 g/mol. The Balaban J connectivity index is 2.09. The Morgan fingerprint density at radius 3 is 2.65 bits per heavy atom. The summed E-state index contributed by atoms with van der Waals surface area (Å²) in [7, 11) is 3.46. The largest absolute Gasteiger partial charge is 0.384 e. The van der Waals surface area contributed by atoms with Gasteiger partial charge in [0.25, 0.3) is 0 Å². The molecular weight excluding hydrogens is 218 g/mol. The van der Waals surface area contributed by atoms with Gasteiger partial charge in [-0.1, -0.05) is 24.5 Å². The van der Waals surface area contributed by atoms with Crippen molar-refractivity contribution in [1.82, 2.24) is 15.0 Å². The number of hydrogen-bond donors (Lipinski definition) is 1. The second-order valence-electron chi connectivity index (χ2n) is 4.83. The Bertz CT molecular complexity index is 347. The van der Waals surface area contributed by atoms with Crippen molar-refractivity contribution in [2.24, 2.45) is 13.0 Å². The molecule has 0 radical (unpaired) electrons. The van der Waals surface area contributed by atoms with Crippen molar-refractivity contribution >= 4 is 0 Å². The van der Waals surface area contributed by atoms with E-state index in [1.807, 2.05) is 0 Å². The lowest BCUT2D eigenvalue weighted by Crippen LogP contribution is -2.32. The summed E-state index contributed by atoms with van der Waals surface area (Å²) >= 11 is 0. The molecular formula is C12H21N3O2. The SMILES string of the molecule is COC(C1CCCCC1)C(O)c1cnnn1C. The molecule has 1 aliphatic carbocycles. The van der Waals surface area contributed by atoms with E-state index >= 15 is 0 Å². The van der Waals surface area contributed by atoms with Crippen molar-refractivity contribution in [2.45, 2.75) is 44.3 Å². The third-order valence-corrected chi connectivity index (χ3v) is 3.75. The highest BCUT2D eigenvalue weighted by molar-refractivity contribution is 5.02. The van der Waals surface area contributed by atoms with Crippen LogP contribution < -0.4 is 0 Å². The molecule has 0 spiro atoms. The number of ether oxygens (including phenoxy) is 1. The molecule has 0 amide bonds. The highest BCUT2D eigenvalue weighted by Gasteiger charge is 2.32. The first-order chi connectivity index (χ1) is 8.24. The van der Waals surface area contributed by atoms with Crippen LogP contribution in [-0.4, -0.2) is 33.3 Å². The van der Waals surface area contributed by atoms with Gasteiger partial charge in [-0.05, 0) is 18.8 Å². The van der Waals surface area contributed by atoms with E-state index in [0.717, 1.165) is 18.5 Å². The van der Waals surface area contributed by atoms with E-state index in [-0.39, 0.29) is 6.10 Å². The number of hydrogen-bond acceptors (Lipinski definition) is 4. The summed E-state index contributed by atoms with van der Waals surface area (Å²) in [4.78, 5) is 0. The zero-order chi connectivity index (χ0) is 12.3. The summed E-state index contributed by atoms with van der Waals surface area (Å²) in [6.45, 7) is 0. The molecule has 1 heterocycles. The number of aliphatic hydroxyl groups excluding tert-OH is 1. The minimum Gasteiger partial charge on any atom is -0.384 e. The van der Waals surface area contributed by atoms with Gasteiger partial charge in [-0.2, -0.15) is 0 Å². The van der Waals surface area contributed by atoms with Gasteiger partial charge in [0.05, 0.1) is 18.0 Å². The van der Waals surface area contributed by atoms with Crippen LogP contribution in [0.1, 0.15) is 43.9 Å². The van der Waals surface area contributed by atoms with Crippen LogP contribution in [-0.2, 0) is 11.8 Å². The second kappa shape index (κ2) is 5.60. The van der Waals surface area contributed by atoms with Crippen LogP contribution in [0.3, 0.4) is 0 Å². The molecule has 5 heteroatoms. The van der Waals surface area contributed by atoms with E-state index in [2.05, 4.69) is 10.3 Å². The van der Waals surface area contributed by atoms with Crippen LogP contribution in [0.15, 0.2) is 6.20 Å². The zero-order valence-electron chi connectivity index (χ0n) is 10.5. The van der Waals surface area contributed by atoms with E-state index in [0.29, 0.717) is 5.92 Å². The molecule has 0 aliphatic heterocycles. The third-order valence-electron chi connectivity index (χ3n) is 3.75. The van der Waals surface area contributed by atoms with Crippen LogP contribution in [0.25, 0.3) is 0 Å². The first kappa shape index (κ1) is 12.5. The van der Waals surface area contributed by atoms with Crippen molar-refractivity contribution in [3.8, 4) is 0 Å². The van der Waals surface area contributed by atoms with E-state index in [9.17, 15) is 5.11 Å². The predicted molar refractivity (Wildman–Crippen MR) is 63.3 cm³/mol. The Morgan fingerprint density at radius 1 is 1.41 bits per heavy atom. The van der Waals surface area contributed by atoms with E-state index < -0.39 is 6.10 Å². The molecule has 0 bridgehead atoms. The first-order valence-corrected chi connectivity index (χ1v) is 6.29. The van der Waals surface area contributed by atoms with Crippen LogP contribution >= 0.6 is 0 Å². The maximum Gasteiger partial charge on any atom is 0.124 e. The molecule has 1 N–H and O–H groups in total. The maximum atomic E-state index is 10.4. The maximum absolute atomic E-state index is 10.4. The standard InChI is InChI=1S/C12H21N3O2/c1-15-10(8-13-14-15)11(16)12(17-2)9-6-4-3-5-7-9/h8-9,11-12,16H,3-7H2,1-2H3. The Labute approximate surface area is 102 Å². The van der Waals surface area contributed by atoms with Gasteiger partial charge in [0.2, 0.25) is 0 Å². The highest BCUT2D eigenvalue weighted by Crippen LogP contribution is 2.33. The lowest BCUT2D eigenvalue weighted by molar-refractivity contribution is -0.0589. The predicted octanol–water partition coefficient (Wildman–Crippen LogP) is 1.44. The molecule has 1 aromatic heterocycles. The van der Waals surface area contributed by atoms with E-state index in [1.165, 1.54) is 19.3 Å². The molecule has 0 aromatic carbocycles. The van der Waals surface area contributed by atoms with Crippen LogP contribution in [0, 0.1) is 5.92 Å².